The maximum absolute atomic E-state index is 13.1. The number of carbonyl (C=O) groups excluding carboxylic acids is 1. The average Bonchev–Trinajstić information content (AvgIpc) is 3.30. The number of carbonyl (C=O) groups is 1. The molecule has 2 aromatic heterocycles. The van der Waals surface area contributed by atoms with Crippen LogP contribution in [0.4, 0.5) is 0 Å². The van der Waals surface area contributed by atoms with E-state index in [4.69, 9.17) is 9.47 Å². The number of para-hydroxylation sites is 1. The van der Waals surface area contributed by atoms with E-state index in [1.807, 2.05) is 30.3 Å². The van der Waals surface area contributed by atoms with Crippen LogP contribution >= 0.6 is 0 Å². The van der Waals surface area contributed by atoms with Gasteiger partial charge in [-0.25, -0.2) is 14.3 Å². The number of methoxy groups -OCH3 is 1. The molecule has 9 nitrogen and oxygen atoms in total. The van der Waals surface area contributed by atoms with Gasteiger partial charge in [0.25, 0.3) is 5.56 Å². The summed E-state index contributed by atoms with van der Waals surface area (Å²) in [7, 11) is 4.48. The number of ether oxygens (including phenoxy) is 2. The number of nitrogens with zero attached hydrogens (tertiary/aromatic N) is 4. The quantitative estimate of drug-likeness (QED) is 0.422. The van der Waals surface area contributed by atoms with E-state index < -0.39 is 17.2 Å². The fraction of sp³-hybridized carbons (Fsp3) is 0.167. The topological polar surface area (TPSA) is 97.4 Å². The summed E-state index contributed by atoms with van der Waals surface area (Å²) in [6, 6.07) is 17.8. The average molecular weight is 446 g/mol. The molecule has 9 heteroatoms. The Kier molecular flexibility index (Phi) is 5.95. The standard InChI is InChI=1S/C24H22N4O5/c1-26-18(13-21(29)27(2)24(26)31)15-33-23(30)20-14-28(17-7-5-4-6-8-17)25-22(20)16-9-11-19(32-3)12-10-16/h4-14H,15H2,1-3H3. The number of hydrogen-bond donors (Lipinski definition) is 0. The maximum atomic E-state index is 13.1. The smallest absolute Gasteiger partial charge is 0.342 e. The van der Waals surface area contributed by atoms with Crippen LogP contribution in [-0.4, -0.2) is 32.0 Å². The second-order valence-electron chi connectivity index (χ2n) is 7.35. The second-order valence-corrected chi connectivity index (χ2v) is 7.35. The Morgan fingerprint density at radius 3 is 2.33 bits per heavy atom. The van der Waals surface area contributed by atoms with E-state index in [1.54, 1.807) is 42.3 Å². The number of aromatic nitrogens is 4. The minimum absolute atomic E-state index is 0.237. The normalized spacial score (nSPS) is 10.8. The molecule has 0 radical (unpaired) electrons. The minimum atomic E-state index is -0.629. The lowest BCUT2D eigenvalue weighted by atomic mass is 10.1. The van der Waals surface area contributed by atoms with Gasteiger partial charge in [0.2, 0.25) is 0 Å². The van der Waals surface area contributed by atoms with Crippen LogP contribution < -0.4 is 16.0 Å². The first kappa shape index (κ1) is 21.8. The highest BCUT2D eigenvalue weighted by Gasteiger charge is 2.21. The van der Waals surface area contributed by atoms with Crippen molar-refractivity contribution < 1.29 is 14.3 Å². The summed E-state index contributed by atoms with van der Waals surface area (Å²) in [5.41, 5.74) is 1.49. The van der Waals surface area contributed by atoms with Gasteiger partial charge < -0.3 is 9.47 Å². The van der Waals surface area contributed by atoms with Crippen molar-refractivity contribution in [2.75, 3.05) is 7.11 Å². The van der Waals surface area contributed by atoms with E-state index in [9.17, 15) is 14.4 Å². The molecule has 0 aliphatic rings. The van der Waals surface area contributed by atoms with Crippen LogP contribution in [-0.2, 0) is 25.4 Å². The molecule has 0 saturated carbocycles. The van der Waals surface area contributed by atoms with E-state index in [2.05, 4.69) is 5.10 Å². The molecule has 168 valence electrons. The number of benzene rings is 2. The van der Waals surface area contributed by atoms with Crippen molar-refractivity contribution in [3.8, 4) is 22.7 Å². The molecule has 0 atom stereocenters. The van der Waals surface area contributed by atoms with Gasteiger partial charge in [0.05, 0.1) is 18.5 Å². The molecule has 0 N–H and O–H groups in total. The van der Waals surface area contributed by atoms with Gasteiger partial charge in [0.1, 0.15) is 23.6 Å². The Bertz CT molecular complexity index is 1420. The van der Waals surface area contributed by atoms with Gasteiger partial charge in [-0.2, -0.15) is 5.10 Å². The Balaban J connectivity index is 1.69. The molecule has 0 unspecified atom stereocenters. The predicted molar refractivity (Wildman–Crippen MR) is 122 cm³/mol. The number of hydrogen-bond acceptors (Lipinski definition) is 6. The predicted octanol–water partition coefficient (Wildman–Crippen LogP) is 2.30. The summed E-state index contributed by atoms with van der Waals surface area (Å²) < 4.78 is 14.5. The summed E-state index contributed by atoms with van der Waals surface area (Å²) in [6.45, 7) is -0.237. The zero-order valence-corrected chi connectivity index (χ0v) is 18.4. The molecule has 0 bridgehead atoms. The third-order valence-corrected chi connectivity index (χ3v) is 5.29. The summed E-state index contributed by atoms with van der Waals surface area (Å²) >= 11 is 0. The number of esters is 1. The van der Waals surface area contributed by atoms with Crippen molar-refractivity contribution in [1.29, 1.82) is 0 Å². The molecule has 33 heavy (non-hydrogen) atoms. The molecule has 0 amide bonds. The first-order valence-electron chi connectivity index (χ1n) is 10.1. The second kappa shape index (κ2) is 8.99. The molecule has 0 saturated heterocycles. The van der Waals surface area contributed by atoms with Gasteiger partial charge in [0, 0.05) is 31.9 Å². The van der Waals surface area contributed by atoms with Gasteiger partial charge in [-0.15, -0.1) is 0 Å². The fourth-order valence-corrected chi connectivity index (χ4v) is 3.33. The van der Waals surface area contributed by atoms with Gasteiger partial charge in [-0.1, -0.05) is 18.2 Å². The van der Waals surface area contributed by atoms with Gasteiger partial charge in [-0.05, 0) is 36.4 Å². The van der Waals surface area contributed by atoms with Crippen LogP contribution in [0.25, 0.3) is 16.9 Å². The molecular formula is C24H22N4O5. The SMILES string of the molecule is COc1ccc(-c2nn(-c3ccccc3)cc2C(=O)OCc2cc(=O)n(C)c(=O)n2C)cc1. The summed E-state index contributed by atoms with van der Waals surface area (Å²) in [4.78, 5) is 37.2. The first-order valence-corrected chi connectivity index (χ1v) is 10.1. The van der Waals surface area contributed by atoms with Crippen molar-refractivity contribution in [1.82, 2.24) is 18.9 Å². The molecule has 2 aromatic carbocycles. The summed E-state index contributed by atoms with van der Waals surface area (Å²) in [5, 5.41) is 4.61. The van der Waals surface area contributed by atoms with Crippen molar-refractivity contribution in [3.05, 3.63) is 99.0 Å². The van der Waals surface area contributed by atoms with E-state index in [1.165, 1.54) is 24.7 Å². The zero-order chi connectivity index (χ0) is 23.5. The van der Waals surface area contributed by atoms with E-state index in [-0.39, 0.29) is 17.9 Å². The Labute approximate surface area is 189 Å². The molecule has 4 rings (SSSR count). The van der Waals surface area contributed by atoms with Crippen LogP contribution in [0.5, 0.6) is 5.75 Å². The molecule has 2 heterocycles. The minimum Gasteiger partial charge on any atom is -0.497 e. The van der Waals surface area contributed by atoms with Crippen LogP contribution in [0.3, 0.4) is 0 Å². The highest BCUT2D eigenvalue weighted by Crippen LogP contribution is 2.26. The van der Waals surface area contributed by atoms with E-state index in [0.29, 0.717) is 17.0 Å². The largest absolute Gasteiger partial charge is 0.497 e. The molecule has 0 spiro atoms. The highest BCUT2D eigenvalue weighted by atomic mass is 16.5. The van der Waals surface area contributed by atoms with Gasteiger partial charge in [-0.3, -0.25) is 13.9 Å². The van der Waals surface area contributed by atoms with Crippen molar-refractivity contribution >= 4 is 5.97 Å². The Morgan fingerprint density at radius 1 is 0.970 bits per heavy atom. The molecule has 0 aliphatic heterocycles. The fourth-order valence-electron chi connectivity index (χ4n) is 3.33. The van der Waals surface area contributed by atoms with E-state index in [0.717, 1.165) is 10.3 Å². The lowest BCUT2D eigenvalue weighted by molar-refractivity contribution is 0.0463. The third-order valence-electron chi connectivity index (χ3n) is 5.29. The number of rotatable bonds is 6. The van der Waals surface area contributed by atoms with E-state index >= 15 is 0 Å². The van der Waals surface area contributed by atoms with Gasteiger partial charge >= 0.3 is 11.7 Å². The van der Waals surface area contributed by atoms with Crippen molar-refractivity contribution in [3.63, 3.8) is 0 Å². The van der Waals surface area contributed by atoms with Crippen LogP contribution in [0.1, 0.15) is 16.1 Å². The zero-order valence-electron chi connectivity index (χ0n) is 18.4. The Hall–Kier alpha value is -4.40. The highest BCUT2D eigenvalue weighted by molar-refractivity contribution is 5.96. The van der Waals surface area contributed by atoms with Gasteiger partial charge in [0.15, 0.2) is 0 Å². The Morgan fingerprint density at radius 2 is 1.67 bits per heavy atom. The molecular weight excluding hydrogens is 424 g/mol. The van der Waals surface area contributed by atoms with Crippen LogP contribution in [0, 0.1) is 0 Å². The molecule has 0 aliphatic carbocycles. The summed E-state index contributed by atoms with van der Waals surface area (Å²) in [5.74, 6) is 0.0491. The van der Waals surface area contributed by atoms with Crippen LogP contribution in [0.2, 0.25) is 0 Å². The third kappa shape index (κ3) is 4.33. The van der Waals surface area contributed by atoms with Crippen LogP contribution in [0.15, 0.2) is 76.4 Å². The maximum Gasteiger partial charge on any atom is 0.342 e. The lowest BCUT2D eigenvalue weighted by Crippen LogP contribution is -2.38. The summed E-state index contributed by atoms with van der Waals surface area (Å²) in [6.07, 6.45) is 1.60. The molecule has 0 fully saturated rings. The monoisotopic (exact) mass is 446 g/mol. The van der Waals surface area contributed by atoms with Crippen molar-refractivity contribution in [2.24, 2.45) is 14.1 Å². The molecule has 4 aromatic rings. The first-order chi connectivity index (χ1) is 15.9. The lowest BCUT2D eigenvalue weighted by Gasteiger charge is -2.10. The van der Waals surface area contributed by atoms with Crippen molar-refractivity contribution in [2.45, 2.75) is 6.61 Å².